The number of hydrogen-bond acceptors (Lipinski definition) is 7. The Labute approximate surface area is 145 Å². The SMILES string of the molecule is COCCNC(=O)c1cc(NCc2ccc3c(c2)OCO3)nc(C)n1. The molecular weight excluding hydrogens is 324 g/mol. The zero-order chi connectivity index (χ0) is 17.6. The Kier molecular flexibility index (Phi) is 5.30. The molecule has 132 valence electrons. The van der Waals surface area contributed by atoms with Crippen LogP contribution in [-0.4, -0.2) is 42.9 Å². The van der Waals surface area contributed by atoms with Crippen LogP contribution in [0.4, 0.5) is 5.82 Å². The van der Waals surface area contributed by atoms with Crippen molar-refractivity contribution in [3.63, 3.8) is 0 Å². The van der Waals surface area contributed by atoms with E-state index in [-0.39, 0.29) is 12.7 Å². The number of aromatic nitrogens is 2. The van der Waals surface area contributed by atoms with E-state index < -0.39 is 0 Å². The maximum absolute atomic E-state index is 12.1. The third-order valence-corrected chi connectivity index (χ3v) is 3.57. The summed E-state index contributed by atoms with van der Waals surface area (Å²) in [5.41, 5.74) is 1.34. The van der Waals surface area contributed by atoms with Crippen LogP contribution >= 0.6 is 0 Å². The van der Waals surface area contributed by atoms with Gasteiger partial charge in [-0.15, -0.1) is 0 Å². The molecule has 3 rings (SSSR count). The largest absolute Gasteiger partial charge is 0.454 e. The summed E-state index contributed by atoms with van der Waals surface area (Å²) < 4.78 is 15.6. The van der Waals surface area contributed by atoms with Gasteiger partial charge in [0.2, 0.25) is 6.79 Å². The molecule has 0 spiro atoms. The van der Waals surface area contributed by atoms with Crippen molar-refractivity contribution in [2.45, 2.75) is 13.5 Å². The number of nitrogens with one attached hydrogen (secondary N) is 2. The predicted octanol–water partition coefficient (Wildman–Crippen LogP) is 1.50. The monoisotopic (exact) mass is 344 g/mol. The first kappa shape index (κ1) is 17.0. The highest BCUT2D eigenvalue weighted by atomic mass is 16.7. The van der Waals surface area contributed by atoms with E-state index in [4.69, 9.17) is 14.2 Å². The zero-order valence-corrected chi connectivity index (χ0v) is 14.2. The number of benzene rings is 1. The highest BCUT2D eigenvalue weighted by Gasteiger charge is 2.14. The van der Waals surface area contributed by atoms with Gasteiger partial charge in [-0.3, -0.25) is 4.79 Å². The van der Waals surface area contributed by atoms with E-state index in [0.717, 1.165) is 17.1 Å². The number of rotatable bonds is 7. The van der Waals surface area contributed by atoms with Gasteiger partial charge in [0.1, 0.15) is 17.3 Å². The molecular formula is C17H20N4O4. The van der Waals surface area contributed by atoms with Crippen LogP contribution < -0.4 is 20.1 Å². The summed E-state index contributed by atoms with van der Waals surface area (Å²) in [6.07, 6.45) is 0. The summed E-state index contributed by atoms with van der Waals surface area (Å²) in [6, 6.07) is 7.37. The highest BCUT2D eigenvalue weighted by molar-refractivity contribution is 5.92. The van der Waals surface area contributed by atoms with E-state index in [2.05, 4.69) is 20.6 Å². The van der Waals surface area contributed by atoms with Gasteiger partial charge in [-0.1, -0.05) is 6.07 Å². The fourth-order valence-electron chi connectivity index (χ4n) is 2.38. The van der Waals surface area contributed by atoms with Crippen molar-refractivity contribution in [2.75, 3.05) is 32.4 Å². The van der Waals surface area contributed by atoms with Gasteiger partial charge in [0, 0.05) is 26.3 Å². The van der Waals surface area contributed by atoms with Crippen molar-refractivity contribution in [2.24, 2.45) is 0 Å². The first-order chi connectivity index (χ1) is 12.2. The first-order valence-electron chi connectivity index (χ1n) is 7.91. The molecule has 0 atom stereocenters. The Bertz CT molecular complexity index is 766. The molecule has 0 unspecified atom stereocenters. The molecule has 0 aliphatic carbocycles. The number of amides is 1. The lowest BCUT2D eigenvalue weighted by molar-refractivity contribution is 0.0931. The predicted molar refractivity (Wildman–Crippen MR) is 90.9 cm³/mol. The lowest BCUT2D eigenvalue weighted by Gasteiger charge is -2.09. The number of hydrogen-bond donors (Lipinski definition) is 2. The van der Waals surface area contributed by atoms with Crippen LogP contribution in [0.5, 0.6) is 11.5 Å². The standard InChI is InChI=1S/C17H20N4O4/c1-11-20-13(17(22)18-5-6-23-2)8-16(21-11)19-9-12-3-4-14-15(7-12)25-10-24-14/h3-4,7-8H,5-6,9-10H2,1-2H3,(H,18,22)(H,19,20,21). The van der Waals surface area contributed by atoms with Crippen LogP contribution in [0, 0.1) is 6.92 Å². The Morgan fingerprint density at radius 2 is 2.08 bits per heavy atom. The first-order valence-corrected chi connectivity index (χ1v) is 7.91. The molecule has 2 N–H and O–H groups in total. The molecule has 1 aromatic heterocycles. The summed E-state index contributed by atoms with van der Waals surface area (Å²) >= 11 is 0. The topological polar surface area (TPSA) is 94.6 Å². The minimum Gasteiger partial charge on any atom is -0.454 e. The van der Waals surface area contributed by atoms with Crippen LogP contribution in [-0.2, 0) is 11.3 Å². The Hall–Kier alpha value is -2.87. The number of aryl methyl sites for hydroxylation is 1. The minimum atomic E-state index is -0.256. The van der Waals surface area contributed by atoms with E-state index in [9.17, 15) is 4.79 Å². The second kappa shape index (κ2) is 7.80. The van der Waals surface area contributed by atoms with E-state index in [1.807, 2.05) is 18.2 Å². The summed E-state index contributed by atoms with van der Waals surface area (Å²) in [4.78, 5) is 20.6. The Morgan fingerprint density at radius 3 is 2.92 bits per heavy atom. The second-order valence-corrected chi connectivity index (χ2v) is 5.48. The van der Waals surface area contributed by atoms with Crippen molar-refractivity contribution in [3.05, 3.63) is 41.3 Å². The van der Waals surface area contributed by atoms with Gasteiger partial charge in [0.15, 0.2) is 11.5 Å². The molecule has 25 heavy (non-hydrogen) atoms. The molecule has 2 aromatic rings. The van der Waals surface area contributed by atoms with E-state index >= 15 is 0 Å². The van der Waals surface area contributed by atoms with Gasteiger partial charge in [-0.2, -0.15) is 0 Å². The molecule has 8 heteroatoms. The van der Waals surface area contributed by atoms with E-state index in [1.165, 1.54) is 0 Å². The lowest BCUT2D eigenvalue weighted by Crippen LogP contribution is -2.28. The fraction of sp³-hybridized carbons (Fsp3) is 0.353. The summed E-state index contributed by atoms with van der Waals surface area (Å²) in [5.74, 6) is 2.33. The van der Waals surface area contributed by atoms with Gasteiger partial charge < -0.3 is 24.8 Å². The normalized spacial score (nSPS) is 12.1. The molecule has 2 heterocycles. The van der Waals surface area contributed by atoms with Crippen molar-refractivity contribution in [1.29, 1.82) is 0 Å². The van der Waals surface area contributed by atoms with Gasteiger partial charge >= 0.3 is 0 Å². The third kappa shape index (κ3) is 4.36. The maximum atomic E-state index is 12.1. The van der Waals surface area contributed by atoms with Crippen LogP contribution in [0.25, 0.3) is 0 Å². The van der Waals surface area contributed by atoms with Crippen LogP contribution in [0.3, 0.4) is 0 Å². The smallest absolute Gasteiger partial charge is 0.270 e. The average molecular weight is 344 g/mol. The molecule has 0 radical (unpaired) electrons. The number of anilines is 1. The number of nitrogens with zero attached hydrogens (tertiary/aromatic N) is 2. The van der Waals surface area contributed by atoms with Gasteiger partial charge in [-0.05, 0) is 24.6 Å². The van der Waals surface area contributed by atoms with Gasteiger partial charge in [0.25, 0.3) is 5.91 Å². The molecule has 1 aliphatic rings. The van der Waals surface area contributed by atoms with Crippen molar-refractivity contribution in [3.8, 4) is 11.5 Å². The Balaban J connectivity index is 1.65. The quantitative estimate of drug-likeness (QED) is 0.735. The third-order valence-electron chi connectivity index (χ3n) is 3.57. The highest BCUT2D eigenvalue weighted by Crippen LogP contribution is 2.32. The molecule has 0 fully saturated rings. The molecule has 0 saturated heterocycles. The summed E-state index contributed by atoms with van der Waals surface area (Å²) in [6.45, 7) is 3.41. The van der Waals surface area contributed by atoms with Crippen molar-refractivity contribution in [1.82, 2.24) is 15.3 Å². The summed E-state index contributed by atoms with van der Waals surface area (Å²) in [5, 5.41) is 5.95. The maximum Gasteiger partial charge on any atom is 0.270 e. The summed E-state index contributed by atoms with van der Waals surface area (Å²) in [7, 11) is 1.58. The van der Waals surface area contributed by atoms with Gasteiger partial charge in [-0.25, -0.2) is 9.97 Å². The molecule has 1 amide bonds. The minimum absolute atomic E-state index is 0.249. The number of carbonyl (C=O) groups excluding carboxylic acids is 1. The zero-order valence-electron chi connectivity index (χ0n) is 14.2. The molecule has 1 aromatic carbocycles. The number of carbonyl (C=O) groups is 1. The van der Waals surface area contributed by atoms with Gasteiger partial charge in [0.05, 0.1) is 6.61 Å². The number of fused-ring (bicyclic) bond motifs is 1. The number of ether oxygens (including phenoxy) is 3. The Morgan fingerprint density at radius 1 is 1.24 bits per heavy atom. The van der Waals surface area contributed by atoms with Crippen molar-refractivity contribution < 1.29 is 19.0 Å². The van der Waals surface area contributed by atoms with E-state index in [0.29, 0.717) is 37.0 Å². The second-order valence-electron chi connectivity index (χ2n) is 5.48. The fourth-order valence-corrected chi connectivity index (χ4v) is 2.38. The molecule has 0 bridgehead atoms. The molecule has 1 aliphatic heterocycles. The number of methoxy groups -OCH3 is 1. The van der Waals surface area contributed by atoms with Crippen LogP contribution in [0.1, 0.15) is 21.9 Å². The van der Waals surface area contributed by atoms with Crippen molar-refractivity contribution >= 4 is 11.7 Å². The lowest BCUT2D eigenvalue weighted by atomic mass is 10.2. The molecule has 8 nitrogen and oxygen atoms in total. The van der Waals surface area contributed by atoms with E-state index in [1.54, 1.807) is 20.1 Å². The van der Waals surface area contributed by atoms with Crippen LogP contribution in [0.15, 0.2) is 24.3 Å². The van der Waals surface area contributed by atoms with Crippen LogP contribution in [0.2, 0.25) is 0 Å². The average Bonchev–Trinajstić information content (AvgIpc) is 3.07. The molecule has 0 saturated carbocycles.